The number of halogens is 1. The Morgan fingerprint density at radius 2 is 1.81 bits per heavy atom. The van der Waals surface area contributed by atoms with Crippen LogP contribution in [0.25, 0.3) is 0 Å². The molecule has 1 saturated heterocycles. The molecule has 1 aromatic heterocycles. The van der Waals surface area contributed by atoms with Crippen LogP contribution in [0.5, 0.6) is 5.75 Å². The summed E-state index contributed by atoms with van der Waals surface area (Å²) in [5.41, 5.74) is -0.0191. The summed E-state index contributed by atoms with van der Waals surface area (Å²) in [6, 6.07) is 10.1. The summed E-state index contributed by atoms with van der Waals surface area (Å²) in [5.74, 6) is -0.737. The van der Waals surface area contributed by atoms with Crippen molar-refractivity contribution in [3.8, 4) is 5.75 Å². The first-order valence-corrected chi connectivity index (χ1v) is 8.67. The number of hydrogen-bond donors (Lipinski definition) is 1. The Labute approximate surface area is 156 Å². The third-order valence-corrected chi connectivity index (χ3v) is 4.79. The van der Waals surface area contributed by atoms with E-state index in [4.69, 9.17) is 16.3 Å². The summed E-state index contributed by atoms with van der Waals surface area (Å²) in [7, 11) is 0. The van der Waals surface area contributed by atoms with Crippen LogP contribution in [0, 0.1) is 6.92 Å². The van der Waals surface area contributed by atoms with Gasteiger partial charge in [0.1, 0.15) is 5.75 Å². The number of amides is 1. The summed E-state index contributed by atoms with van der Waals surface area (Å²) >= 11 is 5.85. The van der Waals surface area contributed by atoms with Crippen LogP contribution < -0.4 is 4.74 Å². The molecule has 0 radical (unpaired) electrons. The van der Waals surface area contributed by atoms with E-state index >= 15 is 0 Å². The molecule has 0 unspecified atom stereocenters. The number of carboxylic acid groups (broad SMARTS) is 1. The molecule has 2 aromatic rings. The summed E-state index contributed by atoms with van der Waals surface area (Å²) in [6.07, 6.45) is 1.95. The van der Waals surface area contributed by atoms with E-state index < -0.39 is 11.6 Å². The van der Waals surface area contributed by atoms with Crippen molar-refractivity contribution >= 4 is 23.5 Å². The van der Waals surface area contributed by atoms with Crippen molar-refractivity contribution in [1.82, 2.24) is 9.88 Å². The van der Waals surface area contributed by atoms with Gasteiger partial charge in [0.2, 0.25) is 5.60 Å². The molecule has 26 heavy (non-hydrogen) atoms. The molecule has 1 aromatic carbocycles. The lowest BCUT2D eigenvalue weighted by molar-refractivity contribution is -0.159. The number of aromatic nitrogens is 1. The van der Waals surface area contributed by atoms with Crippen LogP contribution in [0.15, 0.2) is 42.6 Å². The average Bonchev–Trinajstić information content (AvgIpc) is 2.64. The SMILES string of the molecule is Cc1ccc(C(=O)N2CCC(Oc3ccc(Cl)cc3)(C(=O)O)CC2)cn1. The second kappa shape index (κ2) is 7.33. The lowest BCUT2D eigenvalue weighted by Crippen LogP contribution is -2.54. The number of nitrogens with zero attached hydrogens (tertiary/aromatic N) is 2. The fourth-order valence-corrected chi connectivity index (χ4v) is 3.06. The molecule has 1 N–H and O–H groups in total. The van der Waals surface area contributed by atoms with Crippen molar-refractivity contribution in [2.45, 2.75) is 25.4 Å². The Kier molecular flexibility index (Phi) is 5.13. The molecule has 6 nitrogen and oxygen atoms in total. The van der Waals surface area contributed by atoms with Gasteiger partial charge in [0, 0.05) is 42.8 Å². The molecule has 0 spiro atoms. The predicted octanol–water partition coefficient (Wildman–Crippen LogP) is 3.18. The lowest BCUT2D eigenvalue weighted by atomic mass is 9.90. The second-order valence-electron chi connectivity index (χ2n) is 6.34. The predicted molar refractivity (Wildman–Crippen MR) is 96.6 cm³/mol. The van der Waals surface area contributed by atoms with E-state index in [2.05, 4.69) is 4.98 Å². The van der Waals surface area contributed by atoms with E-state index in [1.165, 1.54) is 0 Å². The first-order chi connectivity index (χ1) is 12.4. The maximum Gasteiger partial charge on any atom is 0.348 e. The highest BCUT2D eigenvalue weighted by atomic mass is 35.5. The number of carbonyl (C=O) groups excluding carboxylic acids is 1. The van der Waals surface area contributed by atoms with Crippen LogP contribution in [0.2, 0.25) is 5.02 Å². The number of ether oxygens (including phenoxy) is 1. The fourth-order valence-electron chi connectivity index (χ4n) is 2.94. The summed E-state index contributed by atoms with van der Waals surface area (Å²) in [5, 5.41) is 10.3. The smallest absolute Gasteiger partial charge is 0.348 e. The standard InChI is InChI=1S/C19H19ClN2O4/c1-13-2-3-14(12-21-13)17(23)22-10-8-19(9-11-22,18(24)25)26-16-6-4-15(20)5-7-16/h2-7,12H,8-11H2,1H3,(H,24,25). The van der Waals surface area contributed by atoms with Crippen LogP contribution >= 0.6 is 11.6 Å². The molecule has 1 amide bonds. The maximum atomic E-state index is 12.6. The van der Waals surface area contributed by atoms with Crippen LogP contribution in [0.1, 0.15) is 28.9 Å². The van der Waals surface area contributed by atoms with Gasteiger partial charge in [0.15, 0.2) is 0 Å². The second-order valence-corrected chi connectivity index (χ2v) is 6.77. The zero-order chi connectivity index (χ0) is 18.7. The Morgan fingerprint density at radius 1 is 1.15 bits per heavy atom. The van der Waals surface area contributed by atoms with E-state index in [0.29, 0.717) is 29.4 Å². The minimum Gasteiger partial charge on any atom is -0.478 e. The van der Waals surface area contributed by atoms with Gasteiger partial charge in [0.25, 0.3) is 5.91 Å². The quantitative estimate of drug-likeness (QED) is 0.889. The van der Waals surface area contributed by atoms with Crippen LogP contribution in [-0.2, 0) is 4.79 Å². The van der Waals surface area contributed by atoms with Gasteiger partial charge in [-0.2, -0.15) is 0 Å². The van der Waals surface area contributed by atoms with Gasteiger partial charge in [-0.05, 0) is 43.3 Å². The Bertz CT molecular complexity index is 797. The highest BCUT2D eigenvalue weighted by molar-refractivity contribution is 6.30. The molecule has 0 saturated carbocycles. The first-order valence-electron chi connectivity index (χ1n) is 8.29. The van der Waals surface area contributed by atoms with Gasteiger partial charge in [-0.3, -0.25) is 9.78 Å². The number of benzene rings is 1. The molecule has 2 heterocycles. The zero-order valence-corrected chi connectivity index (χ0v) is 15.1. The van der Waals surface area contributed by atoms with Crippen molar-refractivity contribution < 1.29 is 19.4 Å². The number of piperidine rings is 1. The third-order valence-electron chi connectivity index (χ3n) is 4.53. The van der Waals surface area contributed by atoms with E-state index in [9.17, 15) is 14.7 Å². The van der Waals surface area contributed by atoms with E-state index in [1.807, 2.05) is 6.92 Å². The minimum absolute atomic E-state index is 0.150. The molecular weight excluding hydrogens is 356 g/mol. The molecule has 0 atom stereocenters. The van der Waals surface area contributed by atoms with Crippen LogP contribution in [-0.4, -0.2) is 45.6 Å². The molecular formula is C19H19ClN2O4. The minimum atomic E-state index is -1.35. The number of carbonyl (C=O) groups is 2. The van der Waals surface area contributed by atoms with E-state index in [-0.39, 0.29) is 18.7 Å². The Hall–Kier alpha value is -2.60. The third kappa shape index (κ3) is 3.80. The van der Waals surface area contributed by atoms with Gasteiger partial charge in [-0.15, -0.1) is 0 Å². The molecule has 0 bridgehead atoms. The Morgan fingerprint density at radius 3 is 2.35 bits per heavy atom. The number of pyridine rings is 1. The fraction of sp³-hybridized carbons (Fsp3) is 0.316. The number of likely N-dealkylation sites (tertiary alicyclic amines) is 1. The topological polar surface area (TPSA) is 79.7 Å². The number of carboxylic acids is 1. The maximum absolute atomic E-state index is 12.6. The number of aryl methyl sites for hydroxylation is 1. The first kappa shape index (κ1) is 18.2. The molecule has 1 aliphatic rings. The van der Waals surface area contributed by atoms with Crippen molar-refractivity contribution in [2.24, 2.45) is 0 Å². The van der Waals surface area contributed by atoms with Gasteiger partial charge in [-0.25, -0.2) is 4.79 Å². The van der Waals surface area contributed by atoms with Gasteiger partial charge >= 0.3 is 5.97 Å². The lowest BCUT2D eigenvalue weighted by Gasteiger charge is -2.38. The van der Waals surface area contributed by atoms with Crippen molar-refractivity contribution in [3.05, 3.63) is 58.9 Å². The van der Waals surface area contributed by atoms with Gasteiger partial charge in [0.05, 0.1) is 5.56 Å². The van der Waals surface area contributed by atoms with Crippen molar-refractivity contribution in [2.75, 3.05) is 13.1 Å². The molecule has 1 fully saturated rings. The molecule has 7 heteroatoms. The van der Waals surface area contributed by atoms with Gasteiger partial charge in [-0.1, -0.05) is 11.6 Å². The van der Waals surface area contributed by atoms with E-state index in [1.54, 1.807) is 47.5 Å². The largest absolute Gasteiger partial charge is 0.478 e. The summed E-state index contributed by atoms with van der Waals surface area (Å²) in [4.78, 5) is 30.2. The van der Waals surface area contributed by atoms with Gasteiger partial charge < -0.3 is 14.7 Å². The Balaban J connectivity index is 1.71. The van der Waals surface area contributed by atoms with Crippen molar-refractivity contribution in [1.29, 1.82) is 0 Å². The molecule has 3 rings (SSSR count). The van der Waals surface area contributed by atoms with Crippen LogP contribution in [0.3, 0.4) is 0 Å². The summed E-state index contributed by atoms with van der Waals surface area (Å²) in [6.45, 7) is 2.45. The van der Waals surface area contributed by atoms with Crippen LogP contribution in [0.4, 0.5) is 0 Å². The normalized spacial score (nSPS) is 16.2. The molecule has 136 valence electrons. The zero-order valence-electron chi connectivity index (χ0n) is 14.3. The average molecular weight is 375 g/mol. The number of rotatable bonds is 4. The molecule has 0 aliphatic carbocycles. The summed E-state index contributed by atoms with van der Waals surface area (Å²) < 4.78 is 5.80. The number of aliphatic carboxylic acids is 1. The molecule has 1 aliphatic heterocycles. The van der Waals surface area contributed by atoms with E-state index in [0.717, 1.165) is 5.69 Å². The number of hydrogen-bond acceptors (Lipinski definition) is 4. The highest BCUT2D eigenvalue weighted by Gasteiger charge is 2.45. The van der Waals surface area contributed by atoms with Crippen molar-refractivity contribution in [3.63, 3.8) is 0 Å². The monoisotopic (exact) mass is 374 g/mol. The highest BCUT2D eigenvalue weighted by Crippen LogP contribution is 2.30.